The number of carboxylic acid groups (broad SMARTS) is 1. The van der Waals surface area contributed by atoms with E-state index in [2.05, 4.69) is 0 Å². The minimum absolute atomic E-state index is 0.0892. The molecular weight excluding hydrogens is 274 g/mol. The van der Waals surface area contributed by atoms with E-state index in [0.29, 0.717) is 29.2 Å². The molecule has 1 aromatic carbocycles. The summed E-state index contributed by atoms with van der Waals surface area (Å²) < 4.78 is 16.0. The molecule has 0 aliphatic carbocycles. The predicted octanol–water partition coefficient (Wildman–Crippen LogP) is 2.01. The molecule has 0 fully saturated rings. The summed E-state index contributed by atoms with van der Waals surface area (Å²) in [6.07, 6.45) is 0.560. The highest BCUT2D eigenvalue weighted by molar-refractivity contribution is 5.69. The van der Waals surface area contributed by atoms with Crippen LogP contribution in [0.1, 0.15) is 31.2 Å². The second-order valence-corrected chi connectivity index (χ2v) is 4.72. The summed E-state index contributed by atoms with van der Waals surface area (Å²) in [7, 11) is 4.58. The van der Waals surface area contributed by atoms with Crippen molar-refractivity contribution in [2.45, 2.75) is 31.7 Å². The van der Waals surface area contributed by atoms with Crippen molar-refractivity contribution in [2.75, 3.05) is 21.3 Å². The van der Waals surface area contributed by atoms with Crippen LogP contribution in [0.4, 0.5) is 0 Å². The molecule has 0 aromatic heterocycles. The number of carboxylic acids is 1. The third-order valence-electron chi connectivity index (χ3n) is 3.51. The SMILES string of the molecule is CCC(N)C(CC(=O)O)c1c(OC)cc(OC)cc1OC. The molecule has 0 spiro atoms. The molecule has 0 saturated heterocycles. The largest absolute Gasteiger partial charge is 0.496 e. The molecule has 6 nitrogen and oxygen atoms in total. The average Bonchev–Trinajstić information content (AvgIpc) is 2.50. The van der Waals surface area contributed by atoms with Gasteiger partial charge in [0.25, 0.3) is 0 Å². The van der Waals surface area contributed by atoms with Crippen molar-refractivity contribution in [3.05, 3.63) is 17.7 Å². The Morgan fingerprint density at radius 3 is 2.05 bits per heavy atom. The molecule has 2 unspecified atom stereocenters. The van der Waals surface area contributed by atoms with Gasteiger partial charge in [-0.05, 0) is 6.42 Å². The topological polar surface area (TPSA) is 91.0 Å². The standard InChI is InChI=1S/C15H23NO5/c1-5-11(16)10(8-14(17)18)15-12(20-3)6-9(19-2)7-13(15)21-4/h6-7,10-11H,5,8,16H2,1-4H3,(H,17,18). The number of carbonyl (C=O) groups is 1. The van der Waals surface area contributed by atoms with Gasteiger partial charge < -0.3 is 25.1 Å². The highest BCUT2D eigenvalue weighted by Gasteiger charge is 2.28. The first-order valence-electron chi connectivity index (χ1n) is 6.75. The fourth-order valence-corrected chi connectivity index (χ4v) is 2.34. The van der Waals surface area contributed by atoms with Gasteiger partial charge >= 0.3 is 5.97 Å². The van der Waals surface area contributed by atoms with Crippen LogP contribution in [0.2, 0.25) is 0 Å². The minimum atomic E-state index is -0.913. The first kappa shape index (κ1) is 17.1. The van der Waals surface area contributed by atoms with Crippen LogP contribution in [0.3, 0.4) is 0 Å². The van der Waals surface area contributed by atoms with Crippen LogP contribution >= 0.6 is 0 Å². The van der Waals surface area contributed by atoms with Crippen LogP contribution in [0.25, 0.3) is 0 Å². The van der Waals surface area contributed by atoms with Gasteiger partial charge in [-0.1, -0.05) is 6.92 Å². The summed E-state index contributed by atoms with van der Waals surface area (Å²) in [6, 6.07) is 3.10. The summed E-state index contributed by atoms with van der Waals surface area (Å²) >= 11 is 0. The van der Waals surface area contributed by atoms with E-state index in [1.807, 2.05) is 6.92 Å². The van der Waals surface area contributed by atoms with Gasteiger partial charge in [0.1, 0.15) is 17.2 Å². The van der Waals surface area contributed by atoms with Crippen LogP contribution in [-0.2, 0) is 4.79 Å². The first-order valence-corrected chi connectivity index (χ1v) is 6.75. The van der Waals surface area contributed by atoms with Crippen molar-refractivity contribution in [3.63, 3.8) is 0 Å². The maximum atomic E-state index is 11.2. The molecule has 1 aromatic rings. The van der Waals surface area contributed by atoms with E-state index in [-0.39, 0.29) is 12.5 Å². The molecule has 0 bridgehead atoms. The molecule has 2 atom stereocenters. The summed E-state index contributed by atoms with van der Waals surface area (Å²) in [5.41, 5.74) is 6.77. The Morgan fingerprint density at radius 2 is 1.71 bits per heavy atom. The van der Waals surface area contributed by atoms with E-state index in [0.717, 1.165) is 0 Å². The lowest BCUT2D eigenvalue weighted by atomic mass is 9.86. The monoisotopic (exact) mass is 297 g/mol. The summed E-state index contributed by atoms with van der Waals surface area (Å²) in [5, 5.41) is 9.16. The highest BCUT2D eigenvalue weighted by atomic mass is 16.5. The van der Waals surface area contributed by atoms with Crippen LogP contribution in [0.15, 0.2) is 12.1 Å². The zero-order valence-electron chi connectivity index (χ0n) is 12.9. The van der Waals surface area contributed by atoms with Gasteiger partial charge in [-0.2, -0.15) is 0 Å². The molecule has 0 radical (unpaired) electrons. The van der Waals surface area contributed by atoms with Crippen LogP contribution in [0, 0.1) is 0 Å². The van der Waals surface area contributed by atoms with Crippen molar-refractivity contribution < 1.29 is 24.1 Å². The highest BCUT2D eigenvalue weighted by Crippen LogP contribution is 2.41. The lowest BCUT2D eigenvalue weighted by Gasteiger charge is -2.26. The van der Waals surface area contributed by atoms with Crippen molar-refractivity contribution in [1.82, 2.24) is 0 Å². The maximum Gasteiger partial charge on any atom is 0.304 e. The number of rotatable bonds is 8. The molecular formula is C15H23NO5. The first-order chi connectivity index (χ1) is 9.98. The molecule has 6 heteroatoms. The Bertz CT molecular complexity index is 464. The summed E-state index contributed by atoms with van der Waals surface area (Å²) in [6.45, 7) is 1.92. The molecule has 0 saturated carbocycles. The third-order valence-corrected chi connectivity index (χ3v) is 3.51. The van der Waals surface area contributed by atoms with E-state index < -0.39 is 11.9 Å². The third kappa shape index (κ3) is 4.01. The van der Waals surface area contributed by atoms with E-state index in [1.165, 1.54) is 14.2 Å². The fourth-order valence-electron chi connectivity index (χ4n) is 2.34. The van der Waals surface area contributed by atoms with E-state index in [9.17, 15) is 4.79 Å². The number of benzene rings is 1. The molecule has 0 heterocycles. The Kier molecular flexibility index (Phi) is 6.30. The van der Waals surface area contributed by atoms with Gasteiger partial charge in [-0.15, -0.1) is 0 Å². The Hall–Kier alpha value is -1.95. The molecule has 0 amide bonds. The predicted molar refractivity (Wildman–Crippen MR) is 79.4 cm³/mol. The Balaban J connectivity index is 3.43. The van der Waals surface area contributed by atoms with Gasteiger partial charge in [-0.25, -0.2) is 0 Å². The molecule has 21 heavy (non-hydrogen) atoms. The normalized spacial score (nSPS) is 13.4. The van der Waals surface area contributed by atoms with Crippen LogP contribution in [-0.4, -0.2) is 38.4 Å². The number of aliphatic carboxylic acids is 1. The summed E-state index contributed by atoms with van der Waals surface area (Å²) in [4.78, 5) is 11.2. The minimum Gasteiger partial charge on any atom is -0.496 e. The summed E-state index contributed by atoms with van der Waals surface area (Å²) in [5.74, 6) is 0.293. The number of methoxy groups -OCH3 is 3. The van der Waals surface area contributed by atoms with Gasteiger partial charge in [-0.3, -0.25) is 4.79 Å². The van der Waals surface area contributed by atoms with Crippen molar-refractivity contribution >= 4 is 5.97 Å². The second kappa shape index (κ2) is 7.73. The zero-order valence-corrected chi connectivity index (χ0v) is 12.9. The van der Waals surface area contributed by atoms with Gasteiger partial charge in [0.2, 0.25) is 0 Å². The van der Waals surface area contributed by atoms with E-state index >= 15 is 0 Å². The molecule has 0 aliphatic heterocycles. The average molecular weight is 297 g/mol. The van der Waals surface area contributed by atoms with Crippen LogP contribution < -0.4 is 19.9 Å². The number of nitrogens with two attached hydrogens (primary N) is 1. The lowest BCUT2D eigenvalue weighted by Crippen LogP contribution is -2.30. The number of ether oxygens (including phenoxy) is 3. The van der Waals surface area contributed by atoms with Crippen LogP contribution in [0.5, 0.6) is 17.2 Å². The van der Waals surface area contributed by atoms with E-state index in [1.54, 1.807) is 19.2 Å². The molecule has 1 rings (SSSR count). The second-order valence-electron chi connectivity index (χ2n) is 4.72. The quantitative estimate of drug-likeness (QED) is 0.762. The van der Waals surface area contributed by atoms with Gasteiger partial charge in [0.15, 0.2) is 0 Å². The zero-order chi connectivity index (χ0) is 16.0. The Morgan fingerprint density at radius 1 is 1.19 bits per heavy atom. The van der Waals surface area contributed by atoms with Crippen molar-refractivity contribution in [2.24, 2.45) is 5.73 Å². The molecule has 0 aliphatic rings. The molecule has 118 valence electrons. The number of hydrogen-bond donors (Lipinski definition) is 2. The maximum absolute atomic E-state index is 11.2. The van der Waals surface area contributed by atoms with Crippen molar-refractivity contribution in [1.29, 1.82) is 0 Å². The van der Waals surface area contributed by atoms with Gasteiger partial charge in [0, 0.05) is 29.7 Å². The number of hydrogen-bond acceptors (Lipinski definition) is 5. The smallest absolute Gasteiger partial charge is 0.304 e. The van der Waals surface area contributed by atoms with Crippen molar-refractivity contribution in [3.8, 4) is 17.2 Å². The Labute approximate surface area is 124 Å². The molecule has 3 N–H and O–H groups in total. The van der Waals surface area contributed by atoms with Gasteiger partial charge in [0.05, 0.1) is 27.8 Å². The van der Waals surface area contributed by atoms with E-state index in [4.69, 9.17) is 25.1 Å². The fraction of sp³-hybridized carbons (Fsp3) is 0.533. The lowest BCUT2D eigenvalue weighted by molar-refractivity contribution is -0.137.